The average Bonchev–Trinajstić information content (AvgIpc) is 2.98. The smallest absolute Gasteiger partial charge is 0.280 e. The second kappa shape index (κ2) is 6.16. The van der Waals surface area contributed by atoms with E-state index in [4.69, 9.17) is 11.5 Å². The van der Waals surface area contributed by atoms with E-state index in [0.29, 0.717) is 0 Å². The van der Waals surface area contributed by atoms with Crippen LogP contribution in [0.25, 0.3) is 5.69 Å². The van der Waals surface area contributed by atoms with Crippen LogP contribution in [0.3, 0.4) is 0 Å². The summed E-state index contributed by atoms with van der Waals surface area (Å²) in [5.41, 5.74) is 10.2. The number of guanidine groups is 1. The van der Waals surface area contributed by atoms with Gasteiger partial charge < -0.3 is 16.0 Å². The Hall–Kier alpha value is -2.75. The number of aromatic nitrogens is 2. The molecule has 0 aliphatic rings. The first kappa shape index (κ1) is 16.6. The molecule has 1 amide bonds. The zero-order valence-electron chi connectivity index (χ0n) is 12.1. The number of benzene rings is 1. The van der Waals surface area contributed by atoms with E-state index in [9.17, 15) is 17.6 Å². The number of amides is 1. The van der Waals surface area contributed by atoms with Crippen molar-refractivity contribution in [2.75, 3.05) is 6.26 Å². The molecule has 2 rings (SSSR count). The molecule has 0 saturated carbocycles. The molecule has 0 unspecified atom stereocenters. The first-order chi connectivity index (χ1) is 10.7. The monoisotopic (exact) mass is 339 g/mol. The number of imidazole rings is 1. The maximum absolute atomic E-state index is 13.3. The second-order valence-electron chi connectivity index (χ2n) is 4.69. The van der Waals surface area contributed by atoms with Gasteiger partial charge in [-0.15, -0.1) is 0 Å². The van der Waals surface area contributed by atoms with Crippen molar-refractivity contribution in [1.82, 2.24) is 9.55 Å². The molecule has 0 fully saturated rings. The van der Waals surface area contributed by atoms with Crippen molar-refractivity contribution >= 4 is 21.7 Å². The van der Waals surface area contributed by atoms with Gasteiger partial charge in [-0.25, -0.2) is 17.8 Å². The maximum atomic E-state index is 13.3. The molecule has 0 radical (unpaired) electrons. The quantitative estimate of drug-likeness (QED) is 0.602. The van der Waals surface area contributed by atoms with Crippen molar-refractivity contribution in [2.45, 2.75) is 11.6 Å². The second-order valence-corrected chi connectivity index (χ2v) is 6.68. The number of aliphatic imine (C=N–C) groups is 1. The summed E-state index contributed by atoms with van der Waals surface area (Å²) in [5, 5.41) is 0. The molecule has 8 nitrogen and oxygen atoms in total. The summed E-state index contributed by atoms with van der Waals surface area (Å²) in [6, 6.07) is 2.32. The topological polar surface area (TPSA) is 133 Å². The minimum absolute atomic E-state index is 0.0314. The van der Waals surface area contributed by atoms with Gasteiger partial charge in [-0.1, -0.05) is 0 Å². The molecule has 0 aliphatic heterocycles. The van der Waals surface area contributed by atoms with Crippen LogP contribution >= 0.6 is 0 Å². The highest BCUT2D eigenvalue weighted by Gasteiger charge is 2.21. The third-order valence-electron chi connectivity index (χ3n) is 2.97. The number of rotatable bonds is 4. The van der Waals surface area contributed by atoms with Crippen LogP contribution in [0, 0.1) is 0 Å². The fourth-order valence-electron chi connectivity index (χ4n) is 2.00. The molecular weight excluding hydrogens is 325 g/mol. The highest BCUT2D eigenvalue weighted by molar-refractivity contribution is 7.90. The van der Waals surface area contributed by atoms with Gasteiger partial charge in [0.1, 0.15) is 6.67 Å². The molecule has 0 saturated heterocycles. The first-order valence-corrected chi connectivity index (χ1v) is 8.18. The Balaban J connectivity index is 2.77. The third-order valence-corrected chi connectivity index (χ3v) is 4.10. The first-order valence-electron chi connectivity index (χ1n) is 6.29. The summed E-state index contributed by atoms with van der Waals surface area (Å²) in [7, 11) is -3.70. The minimum Gasteiger partial charge on any atom is -0.370 e. The number of nitrogens with zero attached hydrogens (tertiary/aromatic N) is 3. The molecule has 0 aliphatic carbocycles. The van der Waals surface area contributed by atoms with Gasteiger partial charge in [-0.05, 0) is 17.7 Å². The Labute approximate surface area is 131 Å². The lowest BCUT2D eigenvalue weighted by molar-refractivity contribution is 0.100. The van der Waals surface area contributed by atoms with Crippen LogP contribution in [0.4, 0.5) is 4.39 Å². The van der Waals surface area contributed by atoms with E-state index >= 15 is 0 Å². The van der Waals surface area contributed by atoms with Crippen molar-refractivity contribution in [3.8, 4) is 5.69 Å². The highest BCUT2D eigenvalue weighted by atomic mass is 32.2. The Kier molecular flexibility index (Phi) is 4.45. The zero-order chi connectivity index (χ0) is 17.2. The van der Waals surface area contributed by atoms with E-state index in [2.05, 4.69) is 9.98 Å². The molecule has 1 aromatic heterocycles. The van der Waals surface area contributed by atoms with Gasteiger partial charge in [0.2, 0.25) is 0 Å². The number of hydrogen-bond acceptors (Lipinski definition) is 4. The van der Waals surface area contributed by atoms with Crippen molar-refractivity contribution in [2.24, 2.45) is 16.5 Å². The summed E-state index contributed by atoms with van der Waals surface area (Å²) in [4.78, 5) is 19.0. The Bertz CT molecular complexity index is 871. The molecule has 0 bridgehead atoms. The van der Waals surface area contributed by atoms with Crippen molar-refractivity contribution < 1.29 is 17.6 Å². The van der Waals surface area contributed by atoms with E-state index in [-0.39, 0.29) is 21.7 Å². The molecule has 2 aromatic rings. The van der Waals surface area contributed by atoms with Crippen molar-refractivity contribution in [1.29, 1.82) is 0 Å². The predicted molar refractivity (Wildman–Crippen MR) is 81.6 cm³/mol. The lowest BCUT2D eigenvalue weighted by Crippen LogP contribution is -2.24. The van der Waals surface area contributed by atoms with Crippen LogP contribution in [-0.2, 0) is 16.5 Å². The molecule has 0 atom stereocenters. The van der Waals surface area contributed by atoms with Crippen LogP contribution in [0.15, 0.2) is 40.7 Å². The number of alkyl halides is 1. The van der Waals surface area contributed by atoms with Gasteiger partial charge in [0.05, 0.1) is 16.9 Å². The molecule has 122 valence electrons. The molecule has 1 aromatic carbocycles. The number of carbonyl (C=O) groups is 1. The van der Waals surface area contributed by atoms with Gasteiger partial charge in [0.15, 0.2) is 15.8 Å². The van der Waals surface area contributed by atoms with Crippen LogP contribution < -0.4 is 11.5 Å². The van der Waals surface area contributed by atoms with Gasteiger partial charge in [-0.2, -0.15) is 4.99 Å². The molecular formula is C13H14FN5O3S. The summed E-state index contributed by atoms with van der Waals surface area (Å²) in [5.74, 6) is -1.42. The van der Waals surface area contributed by atoms with Gasteiger partial charge >= 0.3 is 0 Å². The van der Waals surface area contributed by atoms with E-state index < -0.39 is 28.4 Å². The SMILES string of the molecule is CS(=O)(=O)c1cc(C(=O)N=C(N)N)c(CF)cc1-n1ccnc1. The number of hydrogen-bond donors (Lipinski definition) is 2. The number of nitrogens with two attached hydrogens (primary N) is 2. The zero-order valence-corrected chi connectivity index (χ0v) is 12.9. The fraction of sp³-hybridized carbons (Fsp3) is 0.154. The largest absolute Gasteiger partial charge is 0.370 e. The molecule has 0 spiro atoms. The number of sulfone groups is 1. The molecule has 23 heavy (non-hydrogen) atoms. The van der Waals surface area contributed by atoms with Crippen LogP contribution in [0.2, 0.25) is 0 Å². The summed E-state index contributed by atoms with van der Waals surface area (Å²) in [6.45, 7) is -0.993. The van der Waals surface area contributed by atoms with Crippen LogP contribution in [0.5, 0.6) is 0 Å². The maximum Gasteiger partial charge on any atom is 0.280 e. The van der Waals surface area contributed by atoms with Gasteiger partial charge in [0, 0.05) is 24.2 Å². The number of halogens is 1. The lowest BCUT2D eigenvalue weighted by Gasteiger charge is -2.13. The van der Waals surface area contributed by atoms with Crippen molar-refractivity contribution in [3.05, 3.63) is 42.0 Å². The summed E-state index contributed by atoms with van der Waals surface area (Å²) in [6.07, 6.45) is 5.29. The van der Waals surface area contributed by atoms with Gasteiger partial charge in [-0.3, -0.25) is 4.79 Å². The Morgan fingerprint density at radius 3 is 2.57 bits per heavy atom. The van der Waals surface area contributed by atoms with Crippen molar-refractivity contribution in [3.63, 3.8) is 0 Å². The fourth-order valence-corrected chi connectivity index (χ4v) is 2.88. The number of carbonyl (C=O) groups excluding carboxylic acids is 1. The molecule has 1 heterocycles. The molecule has 4 N–H and O–H groups in total. The van der Waals surface area contributed by atoms with E-state index in [1.807, 2.05) is 0 Å². The average molecular weight is 339 g/mol. The normalized spacial score (nSPS) is 11.2. The standard InChI is InChI=1S/C13H14FN5O3S/c1-23(21,22)11-5-9(12(20)18-13(15)16)8(6-14)4-10(11)19-3-2-17-7-19/h2-5,7H,6H2,1H3,(H4,15,16,18,20). The minimum atomic E-state index is -3.70. The predicted octanol–water partition coefficient (Wildman–Crippen LogP) is 0.159. The van der Waals surface area contributed by atoms with Gasteiger partial charge in [0.25, 0.3) is 5.91 Å². The van der Waals surface area contributed by atoms with Crippen LogP contribution in [-0.4, -0.2) is 36.1 Å². The third kappa shape index (κ3) is 3.54. The molecule has 10 heteroatoms. The van der Waals surface area contributed by atoms with E-state index in [1.165, 1.54) is 29.4 Å². The van der Waals surface area contributed by atoms with E-state index in [1.54, 1.807) is 0 Å². The summed E-state index contributed by atoms with van der Waals surface area (Å²) >= 11 is 0. The summed E-state index contributed by atoms with van der Waals surface area (Å²) < 4.78 is 38.7. The van der Waals surface area contributed by atoms with Crippen LogP contribution in [0.1, 0.15) is 15.9 Å². The Morgan fingerprint density at radius 2 is 2.09 bits per heavy atom. The highest BCUT2D eigenvalue weighted by Crippen LogP contribution is 2.26. The van der Waals surface area contributed by atoms with E-state index in [0.717, 1.165) is 12.3 Å². The lowest BCUT2D eigenvalue weighted by atomic mass is 10.1. The Morgan fingerprint density at radius 1 is 1.39 bits per heavy atom.